The quantitative estimate of drug-likeness (QED) is 0.736. The first-order chi connectivity index (χ1) is 15.1. The van der Waals surface area contributed by atoms with Crippen LogP contribution in [0, 0.1) is 0 Å². The van der Waals surface area contributed by atoms with E-state index in [1.54, 1.807) is 32.4 Å². The molecule has 2 heterocycles. The molecule has 1 saturated heterocycles. The van der Waals surface area contributed by atoms with Crippen molar-refractivity contribution in [3.63, 3.8) is 0 Å². The molecule has 2 aromatic rings. The Morgan fingerprint density at radius 1 is 1.10 bits per heavy atom. The minimum atomic E-state index is -0.154. The third-order valence-electron chi connectivity index (χ3n) is 6.21. The van der Waals surface area contributed by atoms with Gasteiger partial charge in [-0.25, -0.2) is 0 Å². The fourth-order valence-electron chi connectivity index (χ4n) is 4.41. The number of fused-ring (bicyclic) bond motifs is 1. The molecule has 0 bridgehead atoms. The van der Waals surface area contributed by atoms with E-state index in [0.29, 0.717) is 36.8 Å². The van der Waals surface area contributed by atoms with E-state index < -0.39 is 0 Å². The van der Waals surface area contributed by atoms with Crippen molar-refractivity contribution in [2.24, 2.45) is 0 Å². The van der Waals surface area contributed by atoms with Gasteiger partial charge in [-0.3, -0.25) is 9.69 Å². The number of methoxy groups -OCH3 is 2. The lowest BCUT2D eigenvalue weighted by atomic mass is 10.00. The highest BCUT2D eigenvalue weighted by Gasteiger charge is 2.26. The Balaban J connectivity index is 1.54. The Bertz CT molecular complexity index is 927. The molecule has 31 heavy (non-hydrogen) atoms. The lowest BCUT2D eigenvalue weighted by molar-refractivity contribution is 0.0162. The highest BCUT2D eigenvalue weighted by Crippen LogP contribution is 2.31. The zero-order chi connectivity index (χ0) is 21.8. The van der Waals surface area contributed by atoms with Crippen LogP contribution in [0.4, 0.5) is 5.69 Å². The summed E-state index contributed by atoms with van der Waals surface area (Å²) in [5.41, 5.74) is 4.41. The number of benzene rings is 2. The summed E-state index contributed by atoms with van der Waals surface area (Å²) in [7, 11) is 5.28. The number of amides is 1. The van der Waals surface area contributed by atoms with Gasteiger partial charge in [0, 0.05) is 45.0 Å². The number of nitrogens with one attached hydrogen (secondary N) is 1. The number of anilines is 1. The molecule has 2 aliphatic heterocycles. The molecule has 0 unspecified atom stereocenters. The molecule has 4 rings (SSSR count). The second-order valence-electron chi connectivity index (χ2n) is 8.00. The summed E-state index contributed by atoms with van der Waals surface area (Å²) in [6.45, 7) is 4.69. The van der Waals surface area contributed by atoms with Gasteiger partial charge in [-0.05, 0) is 35.7 Å². The van der Waals surface area contributed by atoms with Crippen LogP contribution in [0.3, 0.4) is 0 Å². The second kappa shape index (κ2) is 9.58. The maximum atomic E-state index is 13.0. The van der Waals surface area contributed by atoms with Gasteiger partial charge < -0.3 is 24.4 Å². The van der Waals surface area contributed by atoms with Gasteiger partial charge in [0.25, 0.3) is 5.91 Å². The van der Waals surface area contributed by atoms with E-state index in [1.807, 2.05) is 0 Å². The van der Waals surface area contributed by atoms with E-state index in [2.05, 4.69) is 40.4 Å². The first-order valence-electron chi connectivity index (χ1n) is 10.8. The molecule has 1 fully saturated rings. The van der Waals surface area contributed by atoms with E-state index in [1.165, 1.54) is 16.8 Å². The van der Waals surface area contributed by atoms with Gasteiger partial charge in [-0.2, -0.15) is 0 Å². The summed E-state index contributed by atoms with van der Waals surface area (Å²) in [6, 6.07) is 12.0. The van der Waals surface area contributed by atoms with Crippen LogP contribution < -0.4 is 19.7 Å². The van der Waals surface area contributed by atoms with Crippen molar-refractivity contribution in [3.8, 4) is 11.5 Å². The largest absolute Gasteiger partial charge is 0.497 e. The van der Waals surface area contributed by atoms with Gasteiger partial charge >= 0.3 is 0 Å². The summed E-state index contributed by atoms with van der Waals surface area (Å²) < 4.78 is 16.2. The molecule has 0 spiro atoms. The maximum Gasteiger partial charge on any atom is 0.255 e. The molecule has 1 atom stereocenters. The average Bonchev–Trinajstić information content (AvgIpc) is 3.19. The summed E-state index contributed by atoms with van der Waals surface area (Å²) in [4.78, 5) is 17.7. The summed E-state index contributed by atoms with van der Waals surface area (Å²) in [6.07, 6.45) is 1.06. The number of ether oxygens (including phenoxy) is 3. The molecule has 2 aliphatic rings. The van der Waals surface area contributed by atoms with Crippen molar-refractivity contribution >= 4 is 11.6 Å². The van der Waals surface area contributed by atoms with Gasteiger partial charge in [-0.1, -0.05) is 12.1 Å². The molecule has 0 radical (unpaired) electrons. The molecule has 1 N–H and O–H groups in total. The third-order valence-corrected chi connectivity index (χ3v) is 6.21. The third kappa shape index (κ3) is 4.62. The number of carbonyl (C=O) groups excluding carboxylic acids is 1. The Labute approximate surface area is 183 Å². The molecule has 0 aliphatic carbocycles. The van der Waals surface area contributed by atoms with Crippen LogP contribution >= 0.6 is 0 Å². The molecule has 7 nitrogen and oxygen atoms in total. The predicted molar refractivity (Wildman–Crippen MR) is 120 cm³/mol. The smallest absolute Gasteiger partial charge is 0.255 e. The lowest BCUT2D eigenvalue weighted by Crippen LogP contribution is -2.43. The standard InChI is InChI=1S/C24H31N3O4/c1-26-9-8-18-14-17(4-7-21(18)26)22(27-10-12-31-13-11-27)16-25-24(28)20-6-5-19(29-2)15-23(20)30-3/h4-7,14-15,22H,8-13,16H2,1-3H3,(H,25,28)/t22-/m1/s1. The summed E-state index contributed by atoms with van der Waals surface area (Å²) >= 11 is 0. The Morgan fingerprint density at radius 2 is 1.90 bits per heavy atom. The van der Waals surface area contributed by atoms with Gasteiger partial charge in [0.2, 0.25) is 0 Å². The van der Waals surface area contributed by atoms with Crippen LogP contribution in [0.25, 0.3) is 0 Å². The van der Waals surface area contributed by atoms with Crippen molar-refractivity contribution < 1.29 is 19.0 Å². The zero-order valence-corrected chi connectivity index (χ0v) is 18.5. The molecular weight excluding hydrogens is 394 g/mol. The zero-order valence-electron chi connectivity index (χ0n) is 18.5. The van der Waals surface area contributed by atoms with Crippen molar-refractivity contribution in [3.05, 3.63) is 53.1 Å². The van der Waals surface area contributed by atoms with Gasteiger partial charge in [0.1, 0.15) is 11.5 Å². The van der Waals surface area contributed by atoms with E-state index >= 15 is 0 Å². The number of nitrogens with zero attached hydrogens (tertiary/aromatic N) is 2. The second-order valence-corrected chi connectivity index (χ2v) is 8.00. The number of carbonyl (C=O) groups is 1. The Hall–Kier alpha value is -2.77. The summed E-state index contributed by atoms with van der Waals surface area (Å²) in [5, 5.41) is 3.13. The minimum absolute atomic E-state index is 0.0910. The van der Waals surface area contributed by atoms with Crippen LogP contribution in [0.5, 0.6) is 11.5 Å². The van der Waals surface area contributed by atoms with Crippen LogP contribution in [0.15, 0.2) is 36.4 Å². The van der Waals surface area contributed by atoms with Crippen molar-refractivity contribution in [2.75, 3.05) is 65.6 Å². The SMILES string of the molecule is COc1ccc(C(=O)NC[C@H](c2ccc3c(c2)CCN3C)N2CCOCC2)c(OC)c1. The van der Waals surface area contributed by atoms with Crippen LogP contribution in [0.1, 0.15) is 27.5 Å². The first-order valence-corrected chi connectivity index (χ1v) is 10.8. The molecule has 7 heteroatoms. The fourth-order valence-corrected chi connectivity index (χ4v) is 4.41. The number of hydrogen-bond donors (Lipinski definition) is 1. The highest BCUT2D eigenvalue weighted by atomic mass is 16.5. The fraction of sp³-hybridized carbons (Fsp3) is 0.458. The normalized spacial score (nSPS) is 17.2. The predicted octanol–water partition coefficient (Wildman–Crippen LogP) is 2.50. The maximum absolute atomic E-state index is 13.0. The topological polar surface area (TPSA) is 63.3 Å². The average molecular weight is 426 g/mol. The van der Waals surface area contributed by atoms with Gasteiger partial charge in [0.15, 0.2) is 0 Å². The van der Waals surface area contributed by atoms with Crippen molar-refractivity contribution in [1.82, 2.24) is 10.2 Å². The number of rotatable bonds is 7. The van der Waals surface area contributed by atoms with E-state index in [-0.39, 0.29) is 11.9 Å². The Kier molecular flexibility index (Phi) is 6.63. The monoisotopic (exact) mass is 425 g/mol. The van der Waals surface area contributed by atoms with Gasteiger partial charge in [0.05, 0.1) is 39.0 Å². The minimum Gasteiger partial charge on any atom is -0.497 e. The van der Waals surface area contributed by atoms with Gasteiger partial charge in [-0.15, -0.1) is 0 Å². The molecule has 1 amide bonds. The molecule has 2 aromatic carbocycles. The Morgan fingerprint density at radius 3 is 2.65 bits per heavy atom. The number of hydrogen-bond acceptors (Lipinski definition) is 6. The number of morpholine rings is 1. The number of likely N-dealkylation sites (N-methyl/N-ethyl adjacent to an activating group) is 1. The van der Waals surface area contributed by atoms with E-state index in [9.17, 15) is 4.79 Å². The lowest BCUT2D eigenvalue weighted by Gasteiger charge is -2.35. The molecule has 0 aromatic heterocycles. The molecule has 0 saturated carbocycles. The van der Waals surface area contributed by atoms with Crippen molar-refractivity contribution in [1.29, 1.82) is 0 Å². The van der Waals surface area contributed by atoms with Crippen LogP contribution in [-0.4, -0.2) is 71.5 Å². The van der Waals surface area contributed by atoms with E-state index in [4.69, 9.17) is 14.2 Å². The first kappa shape index (κ1) is 21.5. The van der Waals surface area contributed by atoms with Crippen LogP contribution in [0.2, 0.25) is 0 Å². The molecular formula is C24H31N3O4. The van der Waals surface area contributed by atoms with E-state index in [0.717, 1.165) is 26.1 Å². The van der Waals surface area contributed by atoms with Crippen molar-refractivity contribution in [2.45, 2.75) is 12.5 Å². The van der Waals surface area contributed by atoms with Crippen LogP contribution in [-0.2, 0) is 11.2 Å². The molecule has 166 valence electrons. The summed E-state index contributed by atoms with van der Waals surface area (Å²) in [5.74, 6) is 1.00. The highest BCUT2D eigenvalue weighted by molar-refractivity contribution is 5.97.